The van der Waals surface area contributed by atoms with Crippen molar-refractivity contribution in [3.05, 3.63) is 28.8 Å². The summed E-state index contributed by atoms with van der Waals surface area (Å²) in [5, 5.41) is 4.36. The van der Waals surface area contributed by atoms with Gasteiger partial charge in [-0.05, 0) is 52.3 Å². The summed E-state index contributed by atoms with van der Waals surface area (Å²) >= 11 is 6.28. The minimum Gasteiger partial charge on any atom is -0.359 e. The number of halogens is 1. The third kappa shape index (κ3) is 2.36. The van der Waals surface area contributed by atoms with Gasteiger partial charge in [0.15, 0.2) is 0 Å². The topological polar surface area (TPSA) is 15.3 Å². The Hall–Kier alpha value is -0.730. The third-order valence-electron chi connectivity index (χ3n) is 3.74. The van der Waals surface area contributed by atoms with E-state index in [9.17, 15) is 0 Å². The van der Waals surface area contributed by atoms with E-state index in [4.69, 9.17) is 11.6 Å². The lowest BCUT2D eigenvalue weighted by atomic mass is 9.88. The molecule has 1 fully saturated rings. The monoisotopic (exact) mass is 266 g/mol. The predicted octanol–water partition coefficient (Wildman–Crippen LogP) is 3.62. The van der Waals surface area contributed by atoms with E-state index in [1.807, 2.05) is 6.92 Å². The van der Waals surface area contributed by atoms with Gasteiger partial charge >= 0.3 is 0 Å². The maximum absolute atomic E-state index is 6.28. The summed E-state index contributed by atoms with van der Waals surface area (Å²) in [5.41, 5.74) is 2.51. The van der Waals surface area contributed by atoms with Gasteiger partial charge in [0.05, 0.1) is 0 Å². The van der Waals surface area contributed by atoms with Crippen LogP contribution in [0.2, 0.25) is 5.02 Å². The number of rotatable bonds is 1. The number of piperazine rings is 1. The molecular weight excluding hydrogens is 244 g/mol. The Morgan fingerprint density at radius 3 is 2.17 bits per heavy atom. The lowest BCUT2D eigenvalue weighted by Crippen LogP contribution is -2.68. The van der Waals surface area contributed by atoms with Crippen molar-refractivity contribution in [2.24, 2.45) is 0 Å². The number of hydrogen-bond acceptors (Lipinski definition) is 2. The zero-order chi connectivity index (χ0) is 13.6. The Morgan fingerprint density at radius 2 is 1.67 bits per heavy atom. The van der Waals surface area contributed by atoms with Gasteiger partial charge in [-0.2, -0.15) is 0 Å². The molecule has 1 aromatic carbocycles. The smallest absolute Gasteiger partial charge is 0.0476 e. The molecule has 0 spiro atoms. The van der Waals surface area contributed by atoms with Crippen LogP contribution < -0.4 is 10.2 Å². The van der Waals surface area contributed by atoms with Crippen LogP contribution in [0, 0.1) is 6.92 Å². The van der Waals surface area contributed by atoms with E-state index in [1.54, 1.807) is 0 Å². The second-order valence-corrected chi connectivity index (χ2v) is 6.90. The number of nitrogens with zero attached hydrogens (tertiary/aromatic N) is 1. The van der Waals surface area contributed by atoms with Crippen molar-refractivity contribution < 1.29 is 0 Å². The van der Waals surface area contributed by atoms with Crippen molar-refractivity contribution in [2.75, 3.05) is 18.0 Å². The molecule has 0 aliphatic carbocycles. The van der Waals surface area contributed by atoms with E-state index < -0.39 is 0 Å². The summed E-state index contributed by atoms with van der Waals surface area (Å²) in [6.45, 7) is 13.1. The molecule has 1 heterocycles. The second-order valence-electron chi connectivity index (χ2n) is 6.50. The average molecular weight is 267 g/mol. The second kappa shape index (κ2) is 4.43. The zero-order valence-corrected chi connectivity index (χ0v) is 12.7. The summed E-state index contributed by atoms with van der Waals surface area (Å²) in [7, 11) is 0. The van der Waals surface area contributed by atoms with Gasteiger partial charge in [0.25, 0.3) is 0 Å². The number of anilines is 1. The van der Waals surface area contributed by atoms with Gasteiger partial charge < -0.3 is 10.2 Å². The predicted molar refractivity (Wildman–Crippen MR) is 79.7 cm³/mol. The Morgan fingerprint density at radius 1 is 1.11 bits per heavy atom. The molecule has 2 rings (SSSR count). The van der Waals surface area contributed by atoms with E-state index in [-0.39, 0.29) is 11.1 Å². The summed E-state index contributed by atoms with van der Waals surface area (Å²) in [5.74, 6) is 0. The molecule has 1 aromatic rings. The molecule has 0 bridgehead atoms. The van der Waals surface area contributed by atoms with Crippen LogP contribution in [0.25, 0.3) is 0 Å². The highest BCUT2D eigenvalue weighted by molar-refractivity contribution is 6.31. The Bertz CT molecular complexity index is 436. The quantitative estimate of drug-likeness (QED) is 0.835. The first kappa shape index (κ1) is 13.7. The average Bonchev–Trinajstić information content (AvgIpc) is 2.20. The number of nitrogens with one attached hydrogen (secondary N) is 1. The molecule has 0 unspecified atom stereocenters. The molecule has 0 aromatic heterocycles. The van der Waals surface area contributed by atoms with Crippen LogP contribution in [0.3, 0.4) is 0 Å². The van der Waals surface area contributed by atoms with Gasteiger partial charge in [0.2, 0.25) is 0 Å². The minimum atomic E-state index is 0.0837. The van der Waals surface area contributed by atoms with Crippen molar-refractivity contribution >= 4 is 17.3 Å². The van der Waals surface area contributed by atoms with E-state index in [2.05, 4.69) is 56.1 Å². The maximum Gasteiger partial charge on any atom is 0.0476 e. The molecule has 0 amide bonds. The lowest BCUT2D eigenvalue weighted by Gasteiger charge is -2.54. The fourth-order valence-corrected chi connectivity index (χ4v) is 3.25. The highest BCUT2D eigenvalue weighted by Gasteiger charge is 2.41. The molecule has 1 saturated heterocycles. The summed E-state index contributed by atoms with van der Waals surface area (Å²) in [4.78, 5) is 2.49. The normalized spacial score (nSPS) is 22.0. The highest BCUT2D eigenvalue weighted by Crippen LogP contribution is 2.36. The van der Waals surface area contributed by atoms with Gasteiger partial charge in [-0.15, -0.1) is 0 Å². The molecule has 2 nitrogen and oxygen atoms in total. The SMILES string of the molecule is Cc1ccc(N2C(C)(C)CNCC2(C)C)cc1Cl. The van der Waals surface area contributed by atoms with Crippen molar-refractivity contribution in [3.8, 4) is 0 Å². The Balaban J connectivity index is 2.47. The van der Waals surface area contributed by atoms with Gasteiger partial charge in [-0.3, -0.25) is 0 Å². The fraction of sp³-hybridized carbons (Fsp3) is 0.600. The van der Waals surface area contributed by atoms with Crippen LogP contribution in [0.4, 0.5) is 5.69 Å². The summed E-state index contributed by atoms with van der Waals surface area (Å²) in [6, 6.07) is 6.37. The zero-order valence-electron chi connectivity index (χ0n) is 12.0. The van der Waals surface area contributed by atoms with Crippen molar-refractivity contribution in [1.82, 2.24) is 5.32 Å². The highest BCUT2D eigenvalue weighted by atomic mass is 35.5. The van der Waals surface area contributed by atoms with Gasteiger partial charge in [0, 0.05) is 34.9 Å². The van der Waals surface area contributed by atoms with Gasteiger partial charge in [0.1, 0.15) is 0 Å². The fourth-order valence-electron chi connectivity index (χ4n) is 3.07. The van der Waals surface area contributed by atoms with Crippen molar-refractivity contribution in [2.45, 2.75) is 45.7 Å². The molecular formula is C15H23ClN2. The van der Waals surface area contributed by atoms with E-state index >= 15 is 0 Å². The van der Waals surface area contributed by atoms with E-state index in [0.29, 0.717) is 0 Å². The molecule has 100 valence electrons. The first-order valence-electron chi connectivity index (χ1n) is 6.51. The molecule has 18 heavy (non-hydrogen) atoms. The first-order chi connectivity index (χ1) is 8.24. The number of hydrogen-bond donors (Lipinski definition) is 1. The Labute approximate surface area is 115 Å². The van der Waals surface area contributed by atoms with Crippen LogP contribution in [-0.4, -0.2) is 24.2 Å². The standard InChI is InChI=1S/C15H23ClN2/c1-11-6-7-12(8-13(11)16)18-14(2,3)9-17-10-15(18,4)5/h6-8,17H,9-10H2,1-5H3. The van der Waals surface area contributed by atoms with Gasteiger partial charge in [-0.25, -0.2) is 0 Å². The van der Waals surface area contributed by atoms with Crippen molar-refractivity contribution in [3.63, 3.8) is 0 Å². The maximum atomic E-state index is 6.28. The van der Waals surface area contributed by atoms with Crippen LogP contribution in [0.1, 0.15) is 33.3 Å². The van der Waals surface area contributed by atoms with Crippen LogP contribution >= 0.6 is 11.6 Å². The van der Waals surface area contributed by atoms with Crippen LogP contribution in [-0.2, 0) is 0 Å². The van der Waals surface area contributed by atoms with Crippen LogP contribution in [0.5, 0.6) is 0 Å². The molecule has 0 radical (unpaired) electrons. The largest absolute Gasteiger partial charge is 0.359 e. The molecule has 1 aliphatic heterocycles. The summed E-state index contributed by atoms with van der Waals surface area (Å²) < 4.78 is 0. The number of aryl methyl sites for hydroxylation is 1. The Kier molecular flexibility index (Phi) is 3.37. The number of benzene rings is 1. The van der Waals surface area contributed by atoms with E-state index in [1.165, 1.54) is 5.69 Å². The van der Waals surface area contributed by atoms with Crippen LogP contribution in [0.15, 0.2) is 18.2 Å². The molecule has 1 aliphatic rings. The molecule has 1 N–H and O–H groups in total. The third-order valence-corrected chi connectivity index (χ3v) is 4.15. The molecule has 3 heteroatoms. The first-order valence-corrected chi connectivity index (χ1v) is 6.89. The minimum absolute atomic E-state index is 0.0837. The van der Waals surface area contributed by atoms with E-state index in [0.717, 1.165) is 23.7 Å². The lowest BCUT2D eigenvalue weighted by molar-refractivity contribution is 0.263. The summed E-state index contributed by atoms with van der Waals surface area (Å²) in [6.07, 6.45) is 0. The molecule has 0 saturated carbocycles. The molecule has 0 atom stereocenters. The van der Waals surface area contributed by atoms with Gasteiger partial charge in [-0.1, -0.05) is 17.7 Å². The van der Waals surface area contributed by atoms with Crippen molar-refractivity contribution in [1.29, 1.82) is 0 Å².